The minimum absolute atomic E-state index is 0.181. The Balaban J connectivity index is 1.21. The molecular weight excluding hydrogens is 551 g/mol. The highest BCUT2D eigenvalue weighted by molar-refractivity contribution is 7.70. The standard InChI is InChI=1S/C31H41N6O4P/c1-20-14-21(12-13-24(20)37-18-31(19-37)15-22(16-31)34-29(38)41-30(2,3)4)33-28-32-17-25(40-5)27(36-28)35-23-10-8-9-11-26(23)42(6,7)39/h8-14,17,22H,15-16,18-19H2,1-7H3,(H,34,38)(H2,32,33,35,36). The van der Waals surface area contributed by atoms with E-state index >= 15 is 0 Å². The predicted octanol–water partition coefficient (Wildman–Crippen LogP) is 6.02. The van der Waals surface area contributed by atoms with Crippen LogP contribution in [0.25, 0.3) is 0 Å². The van der Waals surface area contributed by atoms with Gasteiger partial charge in [-0.3, -0.25) is 0 Å². The van der Waals surface area contributed by atoms with E-state index in [0.29, 0.717) is 17.5 Å². The minimum Gasteiger partial charge on any atom is -0.491 e. The summed E-state index contributed by atoms with van der Waals surface area (Å²) < 4.78 is 23.7. The number of hydrogen-bond donors (Lipinski definition) is 3. The fraction of sp³-hybridized carbons (Fsp3) is 0.452. The topological polar surface area (TPSA) is 118 Å². The van der Waals surface area contributed by atoms with Crippen molar-refractivity contribution in [3.8, 4) is 5.75 Å². The summed E-state index contributed by atoms with van der Waals surface area (Å²) in [5, 5.41) is 10.3. The third kappa shape index (κ3) is 6.65. The molecule has 1 aromatic heterocycles. The average Bonchev–Trinajstić information content (AvgIpc) is 2.84. The number of rotatable bonds is 8. The highest BCUT2D eigenvalue weighted by Crippen LogP contribution is 2.50. The first-order valence-corrected chi connectivity index (χ1v) is 16.8. The smallest absolute Gasteiger partial charge is 0.407 e. The van der Waals surface area contributed by atoms with E-state index < -0.39 is 12.7 Å². The van der Waals surface area contributed by atoms with Crippen LogP contribution in [0.2, 0.25) is 0 Å². The molecule has 3 N–H and O–H groups in total. The van der Waals surface area contributed by atoms with E-state index in [0.717, 1.165) is 48.2 Å². The van der Waals surface area contributed by atoms with Gasteiger partial charge in [0.2, 0.25) is 5.95 Å². The van der Waals surface area contributed by atoms with Gasteiger partial charge in [0, 0.05) is 41.2 Å². The Hall–Kier alpha value is -3.78. The van der Waals surface area contributed by atoms with Crippen LogP contribution in [0.5, 0.6) is 5.75 Å². The Morgan fingerprint density at radius 2 is 1.81 bits per heavy atom. The number of carbonyl (C=O) groups is 1. The zero-order valence-corrected chi connectivity index (χ0v) is 26.3. The molecule has 1 spiro atoms. The van der Waals surface area contributed by atoms with Crippen LogP contribution in [0.4, 0.5) is 33.6 Å². The molecule has 42 heavy (non-hydrogen) atoms. The molecule has 0 atom stereocenters. The highest BCUT2D eigenvalue weighted by Gasteiger charge is 2.53. The summed E-state index contributed by atoms with van der Waals surface area (Å²) in [4.78, 5) is 23.6. The fourth-order valence-corrected chi connectivity index (χ4v) is 6.97. The number of methoxy groups -OCH3 is 1. The van der Waals surface area contributed by atoms with E-state index in [4.69, 9.17) is 9.47 Å². The lowest BCUT2D eigenvalue weighted by Gasteiger charge is -2.60. The second-order valence-electron chi connectivity index (χ2n) is 12.8. The minimum atomic E-state index is -2.51. The van der Waals surface area contributed by atoms with Crippen LogP contribution in [0, 0.1) is 12.3 Å². The molecule has 1 amide bonds. The van der Waals surface area contributed by atoms with Crippen LogP contribution in [0.3, 0.4) is 0 Å². The number of carbonyl (C=O) groups excluding carboxylic acids is 1. The molecule has 11 heteroatoms. The van der Waals surface area contributed by atoms with Gasteiger partial charge in [0.1, 0.15) is 12.7 Å². The van der Waals surface area contributed by atoms with Crippen molar-refractivity contribution in [1.82, 2.24) is 15.3 Å². The van der Waals surface area contributed by atoms with E-state index in [2.05, 4.69) is 49.9 Å². The van der Waals surface area contributed by atoms with E-state index in [1.54, 1.807) is 26.6 Å². The Morgan fingerprint density at radius 1 is 1.10 bits per heavy atom. The first-order valence-electron chi connectivity index (χ1n) is 14.2. The van der Waals surface area contributed by atoms with Gasteiger partial charge in [0.15, 0.2) is 11.6 Å². The van der Waals surface area contributed by atoms with Crippen molar-refractivity contribution in [2.75, 3.05) is 49.1 Å². The van der Waals surface area contributed by atoms with Crippen LogP contribution < -0.4 is 30.9 Å². The van der Waals surface area contributed by atoms with Crippen molar-refractivity contribution in [2.24, 2.45) is 5.41 Å². The molecule has 2 aromatic carbocycles. The van der Waals surface area contributed by atoms with Gasteiger partial charge in [0.25, 0.3) is 0 Å². The quantitative estimate of drug-likeness (QED) is 0.270. The maximum atomic E-state index is 12.8. The van der Waals surface area contributed by atoms with Crippen LogP contribution in [0.15, 0.2) is 48.7 Å². The third-order valence-corrected chi connectivity index (χ3v) is 9.19. The molecule has 10 nitrogen and oxygen atoms in total. The van der Waals surface area contributed by atoms with Gasteiger partial charge < -0.3 is 34.9 Å². The molecule has 0 radical (unpaired) electrons. The number of nitrogens with one attached hydrogen (secondary N) is 3. The van der Waals surface area contributed by atoms with Crippen molar-refractivity contribution in [3.63, 3.8) is 0 Å². The van der Waals surface area contributed by atoms with Gasteiger partial charge in [-0.1, -0.05) is 12.1 Å². The Kier molecular flexibility index (Phi) is 7.88. The van der Waals surface area contributed by atoms with E-state index in [1.807, 2.05) is 51.1 Å². The number of para-hydroxylation sites is 1. The first kappa shape index (κ1) is 29.7. The molecule has 3 aromatic rings. The van der Waals surface area contributed by atoms with Gasteiger partial charge in [-0.2, -0.15) is 4.98 Å². The molecule has 5 rings (SSSR count). The van der Waals surface area contributed by atoms with E-state index in [1.165, 1.54) is 5.69 Å². The highest BCUT2D eigenvalue weighted by atomic mass is 31.2. The molecule has 2 aliphatic rings. The summed E-state index contributed by atoms with van der Waals surface area (Å²) in [6.07, 6.45) is 3.23. The molecule has 1 aliphatic carbocycles. The molecular formula is C31H41N6O4P. The van der Waals surface area contributed by atoms with Crippen LogP contribution >= 0.6 is 7.14 Å². The number of alkyl carbamates (subject to hydrolysis) is 1. The summed E-state index contributed by atoms with van der Waals surface area (Å²) in [6.45, 7) is 13.2. The van der Waals surface area contributed by atoms with Crippen LogP contribution in [-0.2, 0) is 9.30 Å². The number of aromatic nitrogens is 2. The molecule has 2 heterocycles. The molecule has 0 unspecified atom stereocenters. The number of nitrogens with zero attached hydrogens (tertiary/aromatic N) is 3. The van der Waals surface area contributed by atoms with E-state index in [-0.39, 0.29) is 17.6 Å². The summed E-state index contributed by atoms with van der Waals surface area (Å²) in [5.74, 6) is 1.38. The van der Waals surface area contributed by atoms with Gasteiger partial charge in [-0.05, 0) is 89.8 Å². The Labute approximate surface area is 248 Å². The average molecular weight is 593 g/mol. The lowest BCUT2D eigenvalue weighted by atomic mass is 9.60. The monoisotopic (exact) mass is 592 g/mol. The first-order chi connectivity index (χ1) is 19.7. The lowest BCUT2D eigenvalue weighted by molar-refractivity contribution is 0.0215. The Bertz CT molecular complexity index is 1520. The molecule has 224 valence electrons. The zero-order valence-electron chi connectivity index (χ0n) is 25.4. The van der Waals surface area contributed by atoms with Crippen molar-refractivity contribution >= 4 is 47.4 Å². The van der Waals surface area contributed by atoms with Crippen LogP contribution in [0.1, 0.15) is 39.2 Å². The predicted molar refractivity (Wildman–Crippen MR) is 169 cm³/mol. The van der Waals surface area contributed by atoms with Crippen molar-refractivity contribution in [2.45, 2.75) is 52.2 Å². The van der Waals surface area contributed by atoms with E-state index in [9.17, 15) is 9.36 Å². The fourth-order valence-electron chi connectivity index (χ4n) is 5.82. The summed E-state index contributed by atoms with van der Waals surface area (Å²) in [5.41, 5.74) is 3.73. The number of amides is 1. The molecule has 1 saturated carbocycles. The SMILES string of the molecule is COc1cnc(Nc2ccc(N3CC4(CC(NC(=O)OC(C)(C)C)C4)C3)c(C)c2)nc1Nc1ccccc1P(C)(C)=O. The number of aryl methyl sites for hydroxylation is 1. The largest absolute Gasteiger partial charge is 0.491 e. The summed E-state index contributed by atoms with van der Waals surface area (Å²) >= 11 is 0. The van der Waals surface area contributed by atoms with Crippen molar-refractivity contribution in [3.05, 3.63) is 54.2 Å². The normalized spacial score (nSPS) is 16.3. The van der Waals surface area contributed by atoms with Gasteiger partial charge >= 0.3 is 6.09 Å². The van der Waals surface area contributed by atoms with Gasteiger partial charge in [-0.25, -0.2) is 9.78 Å². The summed E-state index contributed by atoms with van der Waals surface area (Å²) in [7, 11) is -0.944. The number of benzene rings is 2. The van der Waals surface area contributed by atoms with Gasteiger partial charge in [-0.15, -0.1) is 0 Å². The maximum Gasteiger partial charge on any atom is 0.407 e. The number of hydrogen-bond acceptors (Lipinski definition) is 9. The molecule has 1 saturated heterocycles. The molecule has 2 fully saturated rings. The zero-order chi connectivity index (χ0) is 30.3. The van der Waals surface area contributed by atoms with Crippen LogP contribution in [-0.4, -0.2) is 61.2 Å². The van der Waals surface area contributed by atoms with Crippen molar-refractivity contribution in [1.29, 1.82) is 0 Å². The second kappa shape index (κ2) is 11.1. The molecule has 1 aliphatic heterocycles. The number of ether oxygens (including phenoxy) is 2. The second-order valence-corrected chi connectivity index (χ2v) is 16.0. The van der Waals surface area contributed by atoms with Gasteiger partial charge in [0.05, 0.1) is 19.0 Å². The third-order valence-electron chi connectivity index (χ3n) is 7.64. The van der Waals surface area contributed by atoms with Crippen molar-refractivity contribution < 1.29 is 18.8 Å². The lowest BCUT2D eigenvalue weighted by Crippen LogP contribution is -2.67. The molecule has 0 bridgehead atoms. The summed E-state index contributed by atoms with van der Waals surface area (Å²) in [6, 6.07) is 13.9. The number of anilines is 5. The maximum absolute atomic E-state index is 12.8. The Morgan fingerprint density at radius 3 is 2.45 bits per heavy atom.